The summed E-state index contributed by atoms with van der Waals surface area (Å²) in [4.78, 5) is 21.0. The molecule has 0 radical (unpaired) electrons. The van der Waals surface area contributed by atoms with E-state index in [4.69, 9.17) is 11.6 Å². The molecule has 0 unspecified atom stereocenters. The van der Waals surface area contributed by atoms with E-state index >= 15 is 0 Å². The van der Waals surface area contributed by atoms with E-state index in [1.165, 1.54) is 11.8 Å². The van der Waals surface area contributed by atoms with Crippen LogP contribution in [0.2, 0.25) is 5.02 Å². The Labute approximate surface area is 133 Å². The van der Waals surface area contributed by atoms with E-state index in [0.717, 1.165) is 11.3 Å². The number of aromatic nitrogens is 2. The minimum absolute atomic E-state index is 0.218. The van der Waals surface area contributed by atoms with Crippen molar-refractivity contribution in [2.75, 3.05) is 11.6 Å². The molecule has 1 aromatic heterocycles. The number of aryl methyl sites for hydroxylation is 2. The Morgan fingerprint density at radius 2 is 2.19 bits per heavy atom. The van der Waals surface area contributed by atoms with Gasteiger partial charge < -0.3 is 5.32 Å². The van der Waals surface area contributed by atoms with Crippen LogP contribution in [-0.2, 0) is 6.42 Å². The molecule has 110 valence electrons. The number of nitrogens with zero attached hydrogens (tertiary/aromatic N) is 2. The topological polar surface area (TPSA) is 54.9 Å². The van der Waals surface area contributed by atoms with Gasteiger partial charge in [0.15, 0.2) is 5.16 Å². The molecule has 4 nitrogen and oxygen atoms in total. The van der Waals surface area contributed by atoms with E-state index in [9.17, 15) is 4.79 Å². The van der Waals surface area contributed by atoms with E-state index < -0.39 is 0 Å². The van der Waals surface area contributed by atoms with E-state index in [1.807, 2.05) is 26.2 Å². The Bertz CT molecular complexity index is 676. The van der Waals surface area contributed by atoms with Crippen molar-refractivity contribution in [3.63, 3.8) is 0 Å². The highest BCUT2D eigenvalue weighted by atomic mass is 35.5. The van der Waals surface area contributed by atoms with E-state index in [-0.39, 0.29) is 5.91 Å². The van der Waals surface area contributed by atoms with Crippen LogP contribution in [0.5, 0.6) is 0 Å². The quantitative estimate of drug-likeness (QED) is 0.683. The van der Waals surface area contributed by atoms with Crippen molar-refractivity contribution in [1.29, 1.82) is 0 Å². The first-order valence-corrected chi connectivity index (χ1v) is 8.12. The molecule has 0 saturated heterocycles. The van der Waals surface area contributed by atoms with Crippen LogP contribution in [0.3, 0.4) is 0 Å². The van der Waals surface area contributed by atoms with Crippen LogP contribution in [0, 0.1) is 6.92 Å². The summed E-state index contributed by atoms with van der Waals surface area (Å²) in [6.07, 6.45) is 4.16. The molecule has 2 aromatic rings. The minimum atomic E-state index is -0.218. The van der Waals surface area contributed by atoms with Gasteiger partial charge in [0.05, 0.1) is 11.3 Å². The van der Waals surface area contributed by atoms with Crippen LogP contribution in [0.4, 0.5) is 5.69 Å². The lowest BCUT2D eigenvalue weighted by Crippen LogP contribution is -2.16. The molecule has 1 aromatic carbocycles. The summed E-state index contributed by atoms with van der Waals surface area (Å²) in [5.41, 5.74) is 2.89. The van der Waals surface area contributed by atoms with E-state index in [1.54, 1.807) is 18.3 Å². The first-order chi connectivity index (χ1) is 10.0. The van der Waals surface area contributed by atoms with Crippen LogP contribution < -0.4 is 5.32 Å². The lowest BCUT2D eigenvalue weighted by molar-refractivity contribution is 0.102. The Morgan fingerprint density at radius 3 is 2.86 bits per heavy atom. The molecule has 0 fully saturated rings. The van der Waals surface area contributed by atoms with Gasteiger partial charge in [-0.15, -0.1) is 0 Å². The zero-order chi connectivity index (χ0) is 15.4. The predicted octanol–water partition coefficient (Wildman–Crippen LogP) is 3.98. The third-order valence-corrected chi connectivity index (χ3v) is 3.85. The van der Waals surface area contributed by atoms with Crippen molar-refractivity contribution in [1.82, 2.24) is 9.97 Å². The fourth-order valence-corrected chi connectivity index (χ4v) is 2.41. The van der Waals surface area contributed by atoms with Gasteiger partial charge in [-0.05, 0) is 37.3 Å². The number of carbonyl (C=O) groups excluding carboxylic acids is 1. The summed E-state index contributed by atoms with van der Waals surface area (Å²) in [5, 5.41) is 4.12. The smallest absolute Gasteiger partial charge is 0.259 e. The molecule has 1 amide bonds. The van der Waals surface area contributed by atoms with Gasteiger partial charge in [-0.25, -0.2) is 9.97 Å². The highest BCUT2D eigenvalue weighted by molar-refractivity contribution is 7.98. The summed E-state index contributed by atoms with van der Waals surface area (Å²) in [5.74, 6) is -0.218. The zero-order valence-electron chi connectivity index (χ0n) is 12.1. The fourth-order valence-electron chi connectivity index (χ4n) is 1.87. The second kappa shape index (κ2) is 6.91. The molecular weight excluding hydrogens is 306 g/mol. The monoisotopic (exact) mass is 321 g/mol. The lowest BCUT2D eigenvalue weighted by atomic mass is 10.1. The zero-order valence-corrected chi connectivity index (χ0v) is 13.7. The molecule has 6 heteroatoms. The summed E-state index contributed by atoms with van der Waals surface area (Å²) in [7, 11) is 0. The largest absolute Gasteiger partial charge is 0.322 e. The summed E-state index contributed by atoms with van der Waals surface area (Å²) in [6.45, 7) is 3.88. The second-order valence-electron chi connectivity index (χ2n) is 4.48. The molecule has 1 N–H and O–H groups in total. The van der Waals surface area contributed by atoms with Gasteiger partial charge in [0.1, 0.15) is 0 Å². The average Bonchev–Trinajstić information content (AvgIpc) is 2.50. The molecule has 21 heavy (non-hydrogen) atoms. The van der Waals surface area contributed by atoms with Crippen LogP contribution in [-0.4, -0.2) is 22.1 Å². The van der Waals surface area contributed by atoms with E-state index in [0.29, 0.717) is 27.9 Å². The van der Waals surface area contributed by atoms with Crippen molar-refractivity contribution in [2.24, 2.45) is 0 Å². The lowest BCUT2D eigenvalue weighted by Gasteiger charge is -2.11. The number of amides is 1. The molecule has 0 spiro atoms. The number of hydrogen-bond acceptors (Lipinski definition) is 4. The Morgan fingerprint density at radius 1 is 1.43 bits per heavy atom. The number of rotatable bonds is 4. The molecule has 2 rings (SSSR count). The average molecular weight is 322 g/mol. The number of anilines is 1. The molecular formula is C15H16ClN3OS. The highest BCUT2D eigenvalue weighted by Crippen LogP contribution is 2.21. The standard InChI is InChI=1S/C15H16ClN3OS/c1-4-12-11(8-17-15(19-12)21-3)14(20)18-13-7-10(16)6-5-9(13)2/h5-8H,4H2,1-3H3,(H,18,20). The molecule has 0 aliphatic carbocycles. The number of benzene rings is 1. The number of carbonyl (C=O) groups is 1. The third kappa shape index (κ3) is 3.74. The highest BCUT2D eigenvalue weighted by Gasteiger charge is 2.14. The number of hydrogen-bond donors (Lipinski definition) is 1. The van der Waals surface area contributed by atoms with Crippen molar-refractivity contribution >= 4 is 35.0 Å². The van der Waals surface area contributed by atoms with Crippen LogP contribution in [0.15, 0.2) is 29.6 Å². The number of thioether (sulfide) groups is 1. The number of halogens is 1. The van der Waals surface area contributed by atoms with Crippen molar-refractivity contribution < 1.29 is 4.79 Å². The summed E-state index contributed by atoms with van der Waals surface area (Å²) >= 11 is 7.42. The minimum Gasteiger partial charge on any atom is -0.322 e. The van der Waals surface area contributed by atoms with Crippen molar-refractivity contribution in [3.8, 4) is 0 Å². The van der Waals surface area contributed by atoms with Crippen LogP contribution in [0.1, 0.15) is 28.5 Å². The Hall–Kier alpha value is -1.59. The van der Waals surface area contributed by atoms with Crippen LogP contribution in [0.25, 0.3) is 0 Å². The van der Waals surface area contributed by atoms with Gasteiger partial charge in [-0.3, -0.25) is 4.79 Å². The van der Waals surface area contributed by atoms with Crippen molar-refractivity contribution in [3.05, 3.63) is 46.2 Å². The molecule has 0 bridgehead atoms. The molecule has 0 atom stereocenters. The van der Waals surface area contributed by atoms with Gasteiger partial charge in [0.2, 0.25) is 0 Å². The van der Waals surface area contributed by atoms with Crippen molar-refractivity contribution in [2.45, 2.75) is 25.4 Å². The van der Waals surface area contributed by atoms with Gasteiger partial charge in [0.25, 0.3) is 5.91 Å². The Kier molecular flexibility index (Phi) is 5.20. The van der Waals surface area contributed by atoms with Gasteiger partial charge >= 0.3 is 0 Å². The maximum absolute atomic E-state index is 12.4. The van der Waals surface area contributed by atoms with Crippen LogP contribution >= 0.6 is 23.4 Å². The predicted molar refractivity (Wildman–Crippen MR) is 87.3 cm³/mol. The molecule has 0 saturated carbocycles. The molecule has 0 aliphatic rings. The summed E-state index contributed by atoms with van der Waals surface area (Å²) in [6, 6.07) is 5.39. The first-order valence-electron chi connectivity index (χ1n) is 6.52. The maximum atomic E-state index is 12.4. The second-order valence-corrected chi connectivity index (χ2v) is 5.69. The van der Waals surface area contributed by atoms with E-state index in [2.05, 4.69) is 15.3 Å². The van der Waals surface area contributed by atoms with Gasteiger partial charge in [-0.1, -0.05) is 36.4 Å². The summed E-state index contributed by atoms with van der Waals surface area (Å²) < 4.78 is 0. The first kappa shape index (κ1) is 15.8. The van der Waals surface area contributed by atoms with Gasteiger partial charge in [-0.2, -0.15) is 0 Å². The van der Waals surface area contributed by atoms with Gasteiger partial charge in [0, 0.05) is 16.9 Å². The third-order valence-electron chi connectivity index (χ3n) is 3.06. The SMILES string of the molecule is CCc1nc(SC)ncc1C(=O)Nc1cc(Cl)ccc1C. The Balaban J connectivity index is 2.30. The fraction of sp³-hybridized carbons (Fsp3) is 0.267. The molecule has 1 heterocycles. The maximum Gasteiger partial charge on any atom is 0.259 e. The normalized spacial score (nSPS) is 10.5. The number of nitrogens with one attached hydrogen (secondary N) is 1. The molecule has 0 aliphatic heterocycles.